The number of halogens is 1. The third-order valence-electron chi connectivity index (χ3n) is 2.96. The Morgan fingerprint density at radius 3 is 2.58 bits per heavy atom. The van der Waals surface area contributed by atoms with Gasteiger partial charge >= 0.3 is 0 Å². The first-order valence-electron chi connectivity index (χ1n) is 6.20. The molecule has 1 aromatic rings. The zero-order chi connectivity index (χ0) is 14.6. The summed E-state index contributed by atoms with van der Waals surface area (Å²) in [5.41, 5.74) is 0.949. The normalized spacial score (nSPS) is 12.6. The Morgan fingerprint density at radius 1 is 1.47 bits per heavy atom. The lowest BCUT2D eigenvalue weighted by Crippen LogP contribution is -2.31. The SMILES string of the molecule is Cc1cc(S(=O)(=O)NCCCN(C)C(C)C)sc1Br. The zero-order valence-corrected chi connectivity index (χ0v) is 15.0. The van der Waals surface area contributed by atoms with E-state index in [4.69, 9.17) is 0 Å². The minimum Gasteiger partial charge on any atom is -0.304 e. The number of hydrogen-bond donors (Lipinski definition) is 1. The Labute approximate surface area is 128 Å². The molecule has 0 amide bonds. The molecule has 1 rings (SSSR count). The Bertz CT molecular complexity index is 492. The second-order valence-electron chi connectivity index (χ2n) is 4.85. The lowest BCUT2D eigenvalue weighted by Gasteiger charge is -2.20. The summed E-state index contributed by atoms with van der Waals surface area (Å²) in [7, 11) is -1.32. The lowest BCUT2D eigenvalue weighted by molar-refractivity contribution is 0.271. The van der Waals surface area contributed by atoms with Crippen LogP contribution in [0.25, 0.3) is 0 Å². The fourth-order valence-corrected chi connectivity index (χ4v) is 4.77. The Morgan fingerprint density at radius 2 is 2.11 bits per heavy atom. The van der Waals surface area contributed by atoms with Crippen LogP contribution >= 0.6 is 27.3 Å². The minimum atomic E-state index is -3.36. The van der Waals surface area contributed by atoms with Gasteiger partial charge in [0.15, 0.2) is 0 Å². The van der Waals surface area contributed by atoms with E-state index in [2.05, 4.69) is 39.4 Å². The summed E-state index contributed by atoms with van der Waals surface area (Å²) in [6.45, 7) is 7.48. The van der Waals surface area contributed by atoms with E-state index in [-0.39, 0.29) is 0 Å². The molecule has 0 aliphatic rings. The van der Waals surface area contributed by atoms with E-state index < -0.39 is 10.0 Å². The highest BCUT2D eigenvalue weighted by atomic mass is 79.9. The number of thiophene rings is 1. The van der Waals surface area contributed by atoms with Gasteiger partial charge in [-0.15, -0.1) is 11.3 Å². The Kier molecular flexibility index (Phi) is 6.46. The number of sulfonamides is 1. The van der Waals surface area contributed by atoms with Gasteiger partial charge in [0.25, 0.3) is 0 Å². The highest BCUT2D eigenvalue weighted by Gasteiger charge is 2.17. The molecule has 0 spiro atoms. The summed E-state index contributed by atoms with van der Waals surface area (Å²) in [5, 5.41) is 0. The Balaban J connectivity index is 2.48. The molecule has 0 aliphatic heterocycles. The van der Waals surface area contributed by atoms with Crippen LogP contribution in [-0.2, 0) is 10.0 Å². The van der Waals surface area contributed by atoms with Crippen molar-refractivity contribution in [2.75, 3.05) is 20.1 Å². The molecule has 19 heavy (non-hydrogen) atoms. The van der Waals surface area contributed by atoms with Crippen molar-refractivity contribution in [3.63, 3.8) is 0 Å². The molecule has 1 N–H and O–H groups in total. The highest BCUT2D eigenvalue weighted by Crippen LogP contribution is 2.30. The lowest BCUT2D eigenvalue weighted by atomic mass is 10.3. The van der Waals surface area contributed by atoms with E-state index in [9.17, 15) is 8.42 Å². The van der Waals surface area contributed by atoms with Crippen molar-refractivity contribution < 1.29 is 8.42 Å². The van der Waals surface area contributed by atoms with Crippen molar-refractivity contribution in [2.24, 2.45) is 0 Å². The van der Waals surface area contributed by atoms with Crippen LogP contribution in [0, 0.1) is 6.92 Å². The quantitative estimate of drug-likeness (QED) is 0.752. The summed E-state index contributed by atoms with van der Waals surface area (Å²) < 4.78 is 28.0. The molecule has 0 aromatic carbocycles. The maximum atomic E-state index is 12.0. The molecular formula is C12H21BrN2O2S2. The largest absolute Gasteiger partial charge is 0.304 e. The van der Waals surface area contributed by atoms with Gasteiger partial charge in [-0.2, -0.15) is 0 Å². The van der Waals surface area contributed by atoms with E-state index in [1.165, 1.54) is 11.3 Å². The Hall–Kier alpha value is 0.0500. The van der Waals surface area contributed by atoms with Gasteiger partial charge in [-0.3, -0.25) is 0 Å². The van der Waals surface area contributed by atoms with Crippen LogP contribution in [0.2, 0.25) is 0 Å². The smallest absolute Gasteiger partial charge is 0.250 e. The van der Waals surface area contributed by atoms with E-state index in [1.54, 1.807) is 6.07 Å². The maximum Gasteiger partial charge on any atom is 0.250 e. The molecule has 0 saturated carbocycles. The maximum absolute atomic E-state index is 12.0. The van der Waals surface area contributed by atoms with E-state index in [0.29, 0.717) is 16.8 Å². The van der Waals surface area contributed by atoms with Crippen LogP contribution in [0.3, 0.4) is 0 Å². The number of nitrogens with zero attached hydrogens (tertiary/aromatic N) is 1. The number of aryl methyl sites for hydroxylation is 1. The van der Waals surface area contributed by atoms with Gasteiger partial charge in [0.2, 0.25) is 10.0 Å². The van der Waals surface area contributed by atoms with Crippen molar-refractivity contribution >= 4 is 37.3 Å². The van der Waals surface area contributed by atoms with E-state index >= 15 is 0 Å². The summed E-state index contributed by atoms with van der Waals surface area (Å²) >= 11 is 4.59. The number of hydrogen-bond acceptors (Lipinski definition) is 4. The zero-order valence-electron chi connectivity index (χ0n) is 11.7. The first-order valence-corrected chi connectivity index (χ1v) is 9.29. The third kappa shape index (κ3) is 5.15. The number of rotatable bonds is 7. The van der Waals surface area contributed by atoms with Gasteiger partial charge in [0.05, 0.1) is 3.79 Å². The molecule has 0 bridgehead atoms. The average Bonchev–Trinajstić information content (AvgIpc) is 2.65. The van der Waals surface area contributed by atoms with E-state index in [1.807, 2.05) is 14.0 Å². The molecule has 110 valence electrons. The number of nitrogens with one attached hydrogen (secondary N) is 1. The topological polar surface area (TPSA) is 49.4 Å². The monoisotopic (exact) mass is 368 g/mol. The van der Waals surface area contributed by atoms with Crippen molar-refractivity contribution in [2.45, 2.75) is 37.4 Å². The van der Waals surface area contributed by atoms with Crippen LogP contribution in [-0.4, -0.2) is 39.5 Å². The van der Waals surface area contributed by atoms with Crippen LogP contribution in [0.1, 0.15) is 25.8 Å². The molecule has 0 aliphatic carbocycles. The molecule has 1 heterocycles. The van der Waals surface area contributed by atoms with Gasteiger partial charge in [-0.25, -0.2) is 13.1 Å². The summed E-state index contributed by atoms with van der Waals surface area (Å²) in [5.74, 6) is 0. The summed E-state index contributed by atoms with van der Waals surface area (Å²) in [6, 6.07) is 2.17. The average molecular weight is 369 g/mol. The second kappa shape index (κ2) is 7.17. The van der Waals surface area contributed by atoms with Crippen LogP contribution < -0.4 is 4.72 Å². The van der Waals surface area contributed by atoms with Crippen LogP contribution in [0.15, 0.2) is 14.1 Å². The van der Waals surface area contributed by atoms with Crippen molar-refractivity contribution in [1.82, 2.24) is 9.62 Å². The first-order chi connectivity index (χ1) is 8.74. The molecule has 7 heteroatoms. The fraction of sp³-hybridized carbons (Fsp3) is 0.667. The third-order valence-corrected chi connectivity index (χ3v) is 7.03. The second-order valence-corrected chi connectivity index (χ2v) is 9.21. The molecule has 0 radical (unpaired) electrons. The molecule has 0 fully saturated rings. The predicted molar refractivity (Wildman–Crippen MR) is 84.3 cm³/mol. The van der Waals surface area contributed by atoms with Crippen LogP contribution in [0.5, 0.6) is 0 Å². The molecule has 1 aromatic heterocycles. The molecular weight excluding hydrogens is 348 g/mol. The van der Waals surface area contributed by atoms with Gasteiger partial charge in [0, 0.05) is 12.6 Å². The van der Waals surface area contributed by atoms with Crippen molar-refractivity contribution in [3.8, 4) is 0 Å². The molecule has 4 nitrogen and oxygen atoms in total. The standard InChI is InChI=1S/C12H21BrN2O2S2/c1-9(2)15(4)7-5-6-14-19(16,17)11-8-10(3)12(13)18-11/h8-9,14H,5-7H2,1-4H3. The van der Waals surface area contributed by atoms with Gasteiger partial charge in [0.1, 0.15) is 4.21 Å². The van der Waals surface area contributed by atoms with Crippen LogP contribution in [0.4, 0.5) is 0 Å². The van der Waals surface area contributed by atoms with Crippen molar-refractivity contribution in [1.29, 1.82) is 0 Å². The van der Waals surface area contributed by atoms with Crippen molar-refractivity contribution in [3.05, 3.63) is 15.4 Å². The van der Waals surface area contributed by atoms with Gasteiger partial charge in [-0.1, -0.05) is 0 Å². The molecule has 0 atom stereocenters. The predicted octanol–water partition coefficient (Wildman–Crippen LogP) is 2.83. The summed E-state index contributed by atoms with van der Waals surface area (Å²) in [4.78, 5) is 2.19. The molecule has 0 unspecified atom stereocenters. The molecule has 0 saturated heterocycles. The highest BCUT2D eigenvalue weighted by molar-refractivity contribution is 9.11. The summed E-state index contributed by atoms with van der Waals surface area (Å²) in [6.07, 6.45) is 0.805. The van der Waals surface area contributed by atoms with E-state index in [0.717, 1.165) is 22.3 Å². The minimum absolute atomic E-state index is 0.370. The fourth-order valence-electron chi connectivity index (χ4n) is 1.43. The van der Waals surface area contributed by atoms with Gasteiger partial charge in [-0.05, 0) is 68.3 Å². The first kappa shape index (κ1) is 17.1. The van der Waals surface area contributed by atoms with Gasteiger partial charge < -0.3 is 4.90 Å².